The van der Waals surface area contributed by atoms with E-state index in [1.165, 1.54) is 0 Å². The van der Waals surface area contributed by atoms with E-state index in [-0.39, 0.29) is 10.5 Å². The summed E-state index contributed by atoms with van der Waals surface area (Å²) >= 11 is 0. The van der Waals surface area contributed by atoms with E-state index in [1.54, 1.807) is 0 Å². The molecule has 0 aliphatic heterocycles. The van der Waals surface area contributed by atoms with E-state index in [2.05, 4.69) is 58.8 Å². The summed E-state index contributed by atoms with van der Waals surface area (Å²) in [6.45, 7) is 16.5. The molecule has 1 aromatic rings. The molecule has 0 N–H and O–H groups in total. The van der Waals surface area contributed by atoms with Crippen LogP contribution in [0.1, 0.15) is 40.3 Å². The average molecular weight is 265 g/mol. The molecule has 0 unspecified atom stereocenters. The molecule has 1 aromatic heterocycles. The molecule has 0 atom stereocenters. The fraction of sp³-hybridized carbons (Fsp3) is 0.667. The number of nitrogens with zero attached hydrogens (tertiary/aromatic N) is 1. The smallest absolute Gasteiger partial charge is 0.192 e. The molecule has 0 saturated carbocycles. The Morgan fingerprint density at radius 2 is 1.72 bits per heavy atom. The minimum absolute atomic E-state index is 0.0310. The van der Waals surface area contributed by atoms with Gasteiger partial charge in [-0.05, 0) is 30.3 Å². The summed E-state index contributed by atoms with van der Waals surface area (Å²) in [6.07, 6.45) is 1.85. The largest absolute Gasteiger partial charge is 0.416 e. The molecule has 0 fully saturated rings. The number of pyridine rings is 1. The summed E-state index contributed by atoms with van der Waals surface area (Å²) in [4.78, 5) is 4.45. The van der Waals surface area contributed by atoms with Crippen molar-refractivity contribution in [3.8, 4) is 0 Å². The molecule has 0 aromatic carbocycles. The van der Waals surface area contributed by atoms with Crippen LogP contribution in [-0.2, 0) is 9.84 Å². The zero-order valence-corrected chi connectivity index (χ0v) is 13.9. The van der Waals surface area contributed by atoms with E-state index in [1.807, 2.05) is 18.3 Å². The Labute approximate surface area is 113 Å². The predicted molar refractivity (Wildman–Crippen MR) is 80.4 cm³/mol. The predicted octanol–water partition coefficient (Wildman–Crippen LogP) is 4.38. The lowest BCUT2D eigenvalue weighted by molar-refractivity contribution is 0.217. The summed E-state index contributed by atoms with van der Waals surface area (Å²) in [5, 5.41) is 0.257. The van der Waals surface area contributed by atoms with E-state index < -0.39 is 8.32 Å². The number of hydrogen-bond donors (Lipinski definition) is 0. The van der Waals surface area contributed by atoms with E-state index in [4.69, 9.17) is 4.43 Å². The second-order valence-corrected chi connectivity index (χ2v) is 12.0. The van der Waals surface area contributed by atoms with Crippen LogP contribution in [0.4, 0.5) is 0 Å². The van der Waals surface area contributed by atoms with Crippen LogP contribution < -0.4 is 0 Å². The van der Waals surface area contributed by atoms with Gasteiger partial charge in [0.15, 0.2) is 8.32 Å². The highest BCUT2D eigenvalue weighted by atomic mass is 28.4. The first-order chi connectivity index (χ1) is 8.06. The summed E-state index contributed by atoms with van der Waals surface area (Å²) in [6, 6.07) is 6.07. The number of hydrogen-bond acceptors (Lipinski definition) is 2. The molecule has 0 bridgehead atoms. The molecule has 0 spiro atoms. The molecule has 0 aliphatic carbocycles. The Bertz CT molecular complexity index is 379. The summed E-state index contributed by atoms with van der Waals surface area (Å²) in [5.74, 6) is 0. The van der Waals surface area contributed by atoms with Crippen molar-refractivity contribution < 1.29 is 4.43 Å². The molecule has 0 saturated heterocycles. The molecular formula is C15H27NOSi. The van der Waals surface area contributed by atoms with Crippen molar-refractivity contribution in [3.63, 3.8) is 0 Å². The van der Waals surface area contributed by atoms with Gasteiger partial charge in [-0.2, -0.15) is 0 Å². The number of aromatic nitrogens is 1. The van der Waals surface area contributed by atoms with Crippen molar-refractivity contribution in [3.05, 3.63) is 30.1 Å². The van der Waals surface area contributed by atoms with Gasteiger partial charge < -0.3 is 4.43 Å². The molecular weight excluding hydrogens is 238 g/mol. The first-order valence-corrected chi connectivity index (χ1v) is 9.53. The van der Waals surface area contributed by atoms with Crippen molar-refractivity contribution in [2.45, 2.75) is 58.2 Å². The maximum absolute atomic E-state index is 6.31. The monoisotopic (exact) mass is 265 g/mol. The van der Waals surface area contributed by atoms with Crippen molar-refractivity contribution >= 4 is 8.32 Å². The van der Waals surface area contributed by atoms with Gasteiger partial charge in [0, 0.05) is 23.9 Å². The van der Waals surface area contributed by atoms with E-state index in [9.17, 15) is 0 Å². The molecule has 3 heteroatoms. The standard InChI is InChI=1S/C15H27NOSi/c1-14(2,3)18(6,7)17-12-15(4,5)13-10-8-9-11-16-13/h8-11H,12H2,1-7H3. The third kappa shape index (κ3) is 3.66. The lowest BCUT2D eigenvalue weighted by Crippen LogP contribution is -2.44. The Morgan fingerprint density at radius 3 is 2.17 bits per heavy atom. The van der Waals surface area contributed by atoms with Crippen molar-refractivity contribution in [2.24, 2.45) is 0 Å². The second-order valence-electron chi connectivity index (χ2n) is 7.15. The Hall–Kier alpha value is -0.673. The van der Waals surface area contributed by atoms with Gasteiger partial charge in [-0.3, -0.25) is 4.98 Å². The maximum atomic E-state index is 6.31. The van der Waals surface area contributed by atoms with Crippen molar-refractivity contribution in [1.29, 1.82) is 0 Å². The van der Waals surface area contributed by atoms with Gasteiger partial charge in [0.1, 0.15) is 0 Å². The van der Waals surface area contributed by atoms with Gasteiger partial charge in [-0.25, -0.2) is 0 Å². The van der Waals surface area contributed by atoms with E-state index in [0.717, 1.165) is 12.3 Å². The summed E-state index contributed by atoms with van der Waals surface area (Å²) < 4.78 is 6.31. The zero-order valence-electron chi connectivity index (χ0n) is 12.9. The summed E-state index contributed by atoms with van der Waals surface area (Å²) in [7, 11) is -1.68. The van der Waals surface area contributed by atoms with Crippen LogP contribution in [0, 0.1) is 0 Å². The molecule has 1 heterocycles. The first-order valence-electron chi connectivity index (χ1n) is 6.62. The fourth-order valence-corrected chi connectivity index (χ4v) is 2.57. The highest BCUT2D eigenvalue weighted by molar-refractivity contribution is 6.74. The highest BCUT2D eigenvalue weighted by Crippen LogP contribution is 2.37. The van der Waals surface area contributed by atoms with Crippen LogP contribution in [-0.4, -0.2) is 19.9 Å². The Balaban J connectivity index is 2.74. The first kappa shape index (κ1) is 15.4. The van der Waals surface area contributed by atoms with Gasteiger partial charge in [-0.1, -0.05) is 40.7 Å². The van der Waals surface area contributed by atoms with Crippen molar-refractivity contribution in [1.82, 2.24) is 4.98 Å². The molecule has 0 aliphatic rings. The Morgan fingerprint density at radius 1 is 1.11 bits per heavy atom. The normalized spacial score (nSPS) is 13.7. The van der Waals surface area contributed by atoms with E-state index >= 15 is 0 Å². The SMILES string of the molecule is CC(C)(CO[Si](C)(C)C(C)(C)C)c1ccccn1. The van der Waals surface area contributed by atoms with Crippen LogP contribution in [0.5, 0.6) is 0 Å². The van der Waals surface area contributed by atoms with Crippen LogP contribution in [0.2, 0.25) is 18.1 Å². The fourth-order valence-electron chi connectivity index (χ4n) is 1.41. The van der Waals surface area contributed by atoms with Crippen LogP contribution in [0.3, 0.4) is 0 Å². The van der Waals surface area contributed by atoms with Gasteiger partial charge in [0.05, 0.1) is 0 Å². The highest BCUT2D eigenvalue weighted by Gasteiger charge is 2.38. The third-order valence-corrected chi connectivity index (χ3v) is 8.44. The molecule has 0 amide bonds. The van der Waals surface area contributed by atoms with Gasteiger partial charge >= 0.3 is 0 Å². The number of rotatable bonds is 4. The topological polar surface area (TPSA) is 22.1 Å². The van der Waals surface area contributed by atoms with Gasteiger partial charge in [0.25, 0.3) is 0 Å². The maximum Gasteiger partial charge on any atom is 0.192 e. The average Bonchev–Trinajstić information content (AvgIpc) is 2.26. The lowest BCUT2D eigenvalue weighted by atomic mass is 9.90. The third-order valence-electron chi connectivity index (χ3n) is 3.96. The zero-order chi connectivity index (χ0) is 14.0. The molecule has 0 radical (unpaired) electrons. The minimum Gasteiger partial charge on any atom is -0.416 e. The minimum atomic E-state index is -1.68. The molecule has 18 heavy (non-hydrogen) atoms. The van der Waals surface area contributed by atoms with Gasteiger partial charge in [-0.15, -0.1) is 0 Å². The van der Waals surface area contributed by atoms with Crippen LogP contribution >= 0.6 is 0 Å². The Kier molecular flexibility index (Phi) is 4.39. The molecule has 2 nitrogen and oxygen atoms in total. The quantitative estimate of drug-likeness (QED) is 0.754. The van der Waals surface area contributed by atoms with Gasteiger partial charge in [0.2, 0.25) is 0 Å². The summed E-state index contributed by atoms with van der Waals surface area (Å²) in [5.41, 5.74) is 1.07. The van der Waals surface area contributed by atoms with Crippen LogP contribution in [0.25, 0.3) is 0 Å². The molecule has 1 rings (SSSR count). The molecule has 102 valence electrons. The second kappa shape index (κ2) is 5.14. The van der Waals surface area contributed by atoms with Crippen LogP contribution in [0.15, 0.2) is 24.4 Å². The van der Waals surface area contributed by atoms with Crippen molar-refractivity contribution in [2.75, 3.05) is 6.61 Å². The van der Waals surface area contributed by atoms with E-state index in [0.29, 0.717) is 0 Å². The lowest BCUT2D eigenvalue weighted by Gasteiger charge is -2.38.